The number of rotatable bonds is 6. The standard InChI is InChI=1S/C54H35NS/c1-2-15-44-38(11-1)12-10-21-45(44)39-27-29-41(30-28-39)55(43-31-32-54-52(35-43)50-20-7-8-22-53(50)56-54)42-14-9-13-40(34-42)37-25-23-36(24-26-37)33-51-48-18-5-3-16-46(48)47-17-4-6-19-49(47)51/h1-35H. The largest absolute Gasteiger partial charge is 0.310 e. The van der Waals surface area contributed by atoms with E-state index in [9.17, 15) is 0 Å². The second kappa shape index (κ2) is 13.4. The Balaban J connectivity index is 0.987. The van der Waals surface area contributed by atoms with Gasteiger partial charge in [-0.15, -0.1) is 11.3 Å². The lowest BCUT2D eigenvalue weighted by Crippen LogP contribution is -2.10. The van der Waals surface area contributed by atoms with Crippen molar-refractivity contribution in [1.82, 2.24) is 0 Å². The Morgan fingerprint density at radius 2 is 0.911 bits per heavy atom. The van der Waals surface area contributed by atoms with E-state index in [1.807, 2.05) is 11.3 Å². The fraction of sp³-hybridized carbons (Fsp3) is 0. The summed E-state index contributed by atoms with van der Waals surface area (Å²) >= 11 is 1.86. The molecular formula is C54H35NS. The van der Waals surface area contributed by atoms with Crippen molar-refractivity contribution in [1.29, 1.82) is 0 Å². The monoisotopic (exact) mass is 729 g/mol. The molecule has 9 aromatic carbocycles. The zero-order valence-electron chi connectivity index (χ0n) is 30.6. The summed E-state index contributed by atoms with van der Waals surface area (Å²) in [5.41, 5.74) is 15.9. The number of nitrogens with zero attached hydrogens (tertiary/aromatic N) is 1. The Kier molecular flexibility index (Phi) is 7.75. The van der Waals surface area contributed by atoms with Gasteiger partial charge in [-0.05, 0) is 121 Å². The molecule has 0 bridgehead atoms. The van der Waals surface area contributed by atoms with Crippen molar-refractivity contribution in [3.63, 3.8) is 0 Å². The van der Waals surface area contributed by atoms with Gasteiger partial charge >= 0.3 is 0 Å². The first-order chi connectivity index (χ1) is 27.7. The van der Waals surface area contributed by atoms with Crippen LogP contribution in [0.3, 0.4) is 0 Å². The maximum absolute atomic E-state index is 2.40. The Bertz CT molecular complexity index is 3080. The van der Waals surface area contributed by atoms with Gasteiger partial charge in [0.2, 0.25) is 0 Å². The average Bonchev–Trinajstić information content (AvgIpc) is 3.79. The van der Waals surface area contributed by atoms with Crippen LogP contribution in [0, 0.1) is 0 Å². The lowest BCUT2D eigenvalue weighted by atomic mass is 9.98. The molecule has 1 aliphatic carbocycles. The fourth-order valence-corrected chi connectivity index (χ4v) is 9.62. The van der Waals surface area contributed by atoms with Crippen molar-refractivity contribution >= 4 is 71.0 Å². The minimum Gasteiger partial charge on any atom is -0.310 e. The summed E-state index contributed by atoms with van der Waals surface area (Å²) in [5.74, 6) is 0. The molecule has 0 aliphatic heterocycles. The average molecular weight is 730 g/mol. The first-order valence-corrected chi connectivity index (χ1v) is 20.0. The van der Waals surface area contributed by atoms with E-state index in [2.05, 4.69) is 217 Å². The number of fused-ring (bicyclic) bond motifs is 7. The number of hydrogen-bond acceptors (Lipinski definition) is 2. The molecule has 262 valence electrons. The van der Waals surface area contributed by atoms with Crippen LogP contribution in [-0.2, 0) is 0 Å². The zero-order chi connectivity index (χ0) is 37.0. The highest BCUT2D eigenvalue weighted by Gasteiger charge is 2.22. The summed E-state index contributed by atoms with van der Waals surface area (Å²) in [6.45, 7) is 0. The van der Waals surface area contributed by atoms with E-state index in [0.717, 1.165) is 17.1 Å². The minimum atomic E-state index is 1.11. The third-order valence-corrected chi connectivity index (χ3v) is 12.4. The van der Waals surface area contributed by atoms with E-state index in [-0.39, 0.29) is 0 Å². The number of thiophene rings is 1. The lowest BCUT2D eigenvalue weighted by molar-refractivity contribution is 1.29. The van der Waals surface area contributed by atoms with Crippen LogP contribution < -0.4 is 4.90 Å². The zero-order valence-corrected chi connectivity index (χ0v) is 31.4. The van der Waals surface area contributed by atoms with E-state index in [1.165, 1.54) is 86.6 Å². The van der Waals surface area contributed by atoms with Gasteiger partial charge in [0.25, 0.3) is 0 Å². The SMILES string of the molecule is C(=C1c2ccccc2-c2ccccc21)c1ccc(-c2cccc(N(c3ccc(-c4cccc5ccccc45)cc3)c3ccc4sc5ccccc5c4c3)c2)cc1. The van der Waals surface area contributed by atoms with Crippen LogP contribution in [0.1, 0.15) is 16.7 Å². The van der Waals surface area contributed by atoms with Gasteiger partial charge in [-0.25, -0.2) is 0 Å². The first-order valence-electron chi connectivity index (χ1n) is 19.2. The van der Waals surface area contributed by atoms with Gasteiger partial charge in [-0.2, -0.15) is 0 Å². The molecule has 0 N–H and O–H groups in total. The molecule has 0 fully saturated rings. The summed E-state index contributed by atoms with van der Waals surface area (Å²) in [4.78, 5) is 2.40. The van der Waals surface area contributed by atoms with Crippen molar-refractivity contribution in [3.8, 4) is 33.4 Å². The van der Waals surface area contributed by atoms with Crippen LogP contribution in [0.15, 0.2) is 206 Å². The number of hydrogen-bond donors (Lipinski definition) is 0. The Morgan fingerprint density at radius 1 is 0.339 bits per heavy atom. The second-order valence-corrected chi connectivity index (χ2v) is 15.6. The molecule has 1 aromatic heterocycles. The van der Waals surface area contributed by atoms with E-state index < -0.39 is 0 Å². The highest BCUT2D eigenvalue weighted by molar-refractivity contribution is 7.25. The molecule has 0 saturated heterocycles. The smallest absolute Gasteiger partial charge is 0.0468 e. The van der Waals surface area contributed by atoms with E-state index in [0.29, 0.717) is 0 Å². The molecule has 1 heterocycles. The molecule has 56 heavy (non-hydrogen) atoms. The van der Waals surface area contributed by atoms with Crippen LogP contribution >= 0.6 is 11.3 Å². The first kappa shape index (κ1) is 32.4. The maximum atomic E-state index is 2.40. The van der Waals surface area contributed by atoms with E-state index in [1.54, 1.807) is 0 Å². The summed E-state index contributed by atoms with van der Waals surface area (Å²) < 4.78 is 2.61. The van der Waals surface area contributed by atoms with Crippen molar-refractivity contribution in [2.75, 3.05) is 4.90 Å². The van der Waals surface area contributed by atoms with Crippen LogP contribution in [0.2, 0.25) is 0 Å². The molecule has 0 amide bonds. The van der Waals surface area contributed by atoms with Crippen molar-refractivity contribution in [3.05, 3.63) is 223 Å². The Hall–Kier alpha value is -7.00. The third-order valence-electron chi connectivity index (χ3n) is 11.2. The van der Waals surface area contributed by atoms with Gasteiger partial charge in [-0.1, -0.05) is 158 Å². The summed E-state index contributed by atoms with van der Waals surface area (Å²) in [6, 6.07) is 75.3. The predicted molar refractivity (Wildman–Crippen MR) is 241 cm³/mol. The Labute approximate surface area is 330 Å². The molecule has 10 aromatic rings. The molecule has 11 rings (SSSR count). The van der Waals surface area contributed by atoms with Crippen molar-refractivity contribution in [2.24, 2.45) is 0 Å². The fourth-order valence-electron chi connectivity index (χ4n) is 8.54. The second-order valence-electron chi connectivity index (χ2n) is 14.5. The lowest BCUT2D eigenvalue weighted by Gasteiger charge is -2.26. The molecule has 0 radical (unpaired) electrons. The van der Waals surface area contributed by atoms with Gasteiger partial charge in [0, 0.05) is 37.2 Å². The van der Waals surface area contributed by atoms with Crippen LogP contribution in [0.25, 0.3) is 76.0 Å². The topological polar surface area (TPSA) is 3.24 Å². The van der Waals surface area contributed by atoms with E-state index in [4.69, 9.17) is 0 Å². The highest BCUT2D eigenvalue weighted by atomic mass is 32.1. The van der Waals surface area contributed by atoms with Gasteiger partial charge in [0.1, 0.15) is 0 Å². The Morgan fingerprint density at radius 3 is 1.70 bits per heavy atom. The van der Waals surface area contributed by atoms with Gasteiger partial charge in [0.15, 0.2) is 0 Å². The van der Waals surface area contributed by atoms with Gasteiger partial charge < -0.3 is 4.90 Å². The molecule has 1 aliphatic rings. The van der Waals surface area contributed by atoms with Crippen LogP contribution in [0.4, 0.5) is 17.1 Å². The van der Waals surface area contributed by atoms with Crippen LogP contribution in [0.5, 0.6) is 0 Å². The van der Waals surface area contributed by atoms with Crippen molar-refractivity contribution < 1.29 is 0 Å². The molecule has 0 saturated carbocycles. The predicted octanol–water partition coefficient (Wildman–Crippen LogP) is 15.6. The van der Waals surface area contributed by atoms with Crippen LogP contribution in [-0.4, -0.2) is 0 Å². The number of benzene rings is 9. The molecule has 1 nitrogen and oxygen atoms in total. The molecule has 2 heteroatoms. The number of anilines is 3. The maximum Gasteiger partial charge on any atom is 0.0468 e. The molecule has 0 unspecified atom stereocenters. The summed E-state index contributed by atoms with van der Waals surface area (Å²) in [6.07, 6.45) is 2.33. The van der Waals surface area contributed by atoms with E-state index >= 15 is 0 Å². The van der Waals surface area contributed by atoms with Gasteiger partial charge in [-0.3, -0.25) is 0 Å². The molecule has 0 spiro atoms. The normalized spacial score (nSPS) is 11.9. The minimum absolute atomic E-state index is 1.11. The summed E-state index contributed by atoms with van der Waals surface area (Å²) in [7, 11) is 0. The molecular weight excluding hydrogens is 695 g/mol. The van der Waals surface area contributed by atoms with Crippen molar-refractivity contribution in [2.45, 2.75) is 0 Å². The van der Waals surface area contributed by atoms with Gasteiger partial charge in [0.05, 0.1) is 0 Å². The molecule has 0 atom stereocenters. The third kappa shape index (κ3) is 5.54. The summed E-state index contributed by atoms with van der Waals surface area (Å²) in [5, 5.41) is 5.10. The quantitative estimate of drug-likeness (QED) is 0.165. The highest BCUT2D eigenvalue weighted by Crippen LogP contribution is 2.45.